The van der Waals surface area contributed by atoms with Crippen LogP contribution in [0.25, 0.3) is 0 Å². The molecule has 0 saturated heterocycles. The third kappa shape index (κ3) is 13.4. The molecule has 0 aliphatic rings. The van der Waals surface area contributed by atoms with Crippen LogP contribution in [0.15, 0.2) is 0 Å². The highest BCUT2D eigenvalue weighted by atomic mass is 32.2. The van der Waals surface area contributed by atoms with Gasteiger partial charge in [-0.3, -0.25) is 0 Å². The van der Waals surface area contributed by atoms with E-state index in [0.29, 0.717) is 4.99 Å². The standard InChI is InChI=1S/C6H9NS.C5H6S2/c1-4-5-6(8)7(2)3;1-3-4-5(6)7-2/h1-3H3;1-2H3. The zero-order valence-corrected chi connectivity index (χ0v) is 12.1. The van der Waals surface area contributed by atoms with E-state index in [1.165, 1.54) is 11.8 Å². The van der Waals surface area contributed by atoms with Gasteiger partial charge >= 0.3 is 0 Å². The monoisotopic (exact) mass is 257 g/mol. The second-order valence-corrected chi connectivity index (χ2v) is 4.31. The molecule has 0 spiro atoms. The minimum absolute atomic E-state index is 0.688. The maximum absolute atomic E-state index is 4.83. The molecule has 4 heteroatoms. The molecule has 1 nitrogen and oxygen atoms in total. The molecule has 0 saturated carbocycles. The van der Waals surface area contributed by atoms with Gasteiger partial charge in [-0.2, -0.15) is 0 Å². The highest BCUT2D eigenvalue weighted by molar-refractivity contribution is 8.23. The van der Waals surface area contributed by atoms with Crippen molar-refractivity contribution in [1.29, 1.82) is 0 Å². The van der Waals surface area contributed by atoms with Gasteiger partial charge in [0.15, 0.2) is 4.99 Å². The molecule has 0 atom stereocenters. The Kier molecular flexibility index (Phi) is 13.0. The molecule has 0 fully saturated rings. The zero-order valence-electron chi connectivity index (χ0n) is 9.67. The Bertz CT molecular complexity index is 323. The maximum atomic E-state index is 4.83. The van der Waals surface area contributed by atoms with E-state index in [1.807, 2.05) is 25.3 Å². The van der Waals surface area contributed by atoms with E-state index >= 15 is 0 Å². The van der Waals surface area contributed by atoms with Gasteiger partial charge in [0.25, 0.3) is 0 Å². The Morgan fingerprint density at radius 1 is 1.07 bits per heavy atom. The quantitative estimate of drug-likeness (QED) is 0.484. The molecule has 0 N–H and O–H groups in total. The van der Waals surface area contributed by atoms with E-state index in [4.69, 9.17) is 24.4 Å². The smallest absolute Gasteiger partial charge is 0.152 e. The molecule has 0 unspecified atom stereocenters. The van der Waals surface area contributed by atoms with Crippen LogP contribution >= 0.6 is 36.2 Å². The Hall–Kier alpha value is -0.550. The highest BCUT2D eigenvalue weighted by Gasteiger charge is 1.87. The van der Waals surface area contributed by atoms with E-state index in [2.05, 4.69) is 23.7 Å². The average Bonchev–Trinajstić information content (AvgIpc) is 2.19. The van der Waals surface area contributed by atoms with Crippen molar-refractivity contribution in [3.05, 3.63) is 0 Å². The van der Waals surface area contributed by atoms with Gasteiger partial charge in [-0.15, -0.1) is 11.8 Å². The summed E-state index contributed by atoms with van der Waals surface area (Å²) in [4.78, 5) is 2.50. The summed E-state index contributed by atoms with van der Waals surface area (Å²) in [5, 5.41) is 0. The van der Waals surface area contributed by atoms with Crippen LogP contribution in [-0.2, 0) is 0 Å². The molecular weight excluding hydrogens is 242 g/mol. The fourth-order valence-electron chi connectivity index (χ4n) is 0.372. The second kappa shape index (κ2) is 11.5. The van der Waals surface area contributed by atoms with Crippen LogP contribution in [0.3, 0.4) is 0 Å². The maximum Gasteiger partial charge on any atom is 0.152 e. The summed E-state index contributed by atoms with van der Waals surface area (Å²) in [6, 6.07) is 0. The second-order valence-electron chi connectivity index (χ2n) is 2.44. The first kappa shape index (κ1) is 16.9. The fraction of sp³-hybridized carbons (Fsp3) is 0.455. The molecule has 0 rings (SSSR count). The van der Waals surface area contributed by atoms with Gasteiger partial charge in [0.1, 0.15) is 4.20 Å². The van der Waals surface area contributed by atoms with E-state index in [9.17, 15) is 0 Å². The van der Waals surface area contributed by atoms with Crippen molar-refractivity contribution in [2.24, 2.45) is 0 Å². The van der Waals surface area contributed by atoms with Crippen LogP contribution < -0.4 is 0 Å². The van der Waals surface area contributed by atoms with Crippen molar-refractivity contribution < 1.29 is 0 Å². The molecule has 15 heavy (non-hydrogen) atoms. The average molecular weight is 257 g/mol. The van der Waals surface area contributed by atoms with Crippen molar-refractivity contribution >= 4 is 45.4 Å². The molecule has 0 bridgehead atoms. The molecule has 82 valence electrons. The third-order valence-electron chi connectivity index (χ3n) is 1.05. The van der Waals surface area contributed by atoms with Crippen molar-refractivity contribution in [3.63, 3.8) is 0 Å². The number of nitrogens with zero attached hydrogens (tertiary/aromatic N) is 1. The lowest BCUT2D eigenvalue weighted by Gasteiger charge is -2.05. The Morgan fingerprint density at radius 3 is 1.67 bits per heavy atom. The van der Waals surface area contributed by atoms with Crippen LogP contribution in [0.1, 0.15) is 13.8 Å². The van der Waals surface area contributed by atoms with Gasteiger partial charge < -0.3 is 4.90 Å². The molecular formula is C11H15NS3. The van der Waals surface area contributed by atoms with Crippen LogP contribution in [0.5, 0.6) is 0 Å². The summed E-state index contributed by atoms with van der Waals surface area (Å²) in [5.41, 5.74) is 0. The van der Waals surface area contributed by atoms with Crippen molar-refractivity contribution in [2.45, 2.75) is 13.8 Å². The van der Waals surface area contributed by atoms with Gasteiger partial charge in [-0.1, -0.05) is 36.3 Å². The molecule has 0 aromatic rings. The van der Waals surface area contributed by atoms with Crippen LogP contribution in [0.4, 0.5) is 0 Å². The zero-order chi connectivity index (χ0) is 12.3. The minimum atomic E-state index is 0.688. The summed E-state index contributed by atoms with van der Waals surface area (Å²) in [6.45, 7) is 3.55. The van der Waals surface area contributed by atoms with Gasteiger partial charge in [-0.05, 0) is 31.9 Å². The normalized spacial score (nSPS) is 6.73. The Labute approximate surface area is 108 Å². The van der Waals surface area contributed by atoms with Crippen molar-refractivity contribution in [2.75, 3.05) is 20.4 Å². The predicted molar refractivity (Wildman–Crippen MR) is 79.3 cm³/mol. The van der Waals surface area contributed by atoms with Crippen molar-refractivity contribution in [3.8, 4) is 23.7 Å². The number of thiocarbonyl (C=S) groups is 2. The third-order valence-corrected chi connectivity index (χ3v) is 2.59. The fourth-order valence-corrected chi connectivity index (χ4v) is 0.780. The molecule has 0 amide bonds. The SMILES string of the molecule is CC#CC(=S)N(C)C.CC#CC(=S)SC. The van der Waals surface area contributed by atoms with Gasteiger partial charge in [0.2, 0.25) is 0 Å². The number of hydrogen-bond donors (Lipinski definition) is 0. The largest absolute Gasteiger partial charge is 0.362 e. The first-order valence-electron chi connectivity index (χ1n) is 4.14. The summed E-state index contributed by atoms with van der Waals surface area (Å²) in [6.07, 6.45) is 1.92. The van der Waals surface area contributed by atoms with Gasteiger partial charge in [0.05, 0.1) is 0 Å². The molecule has 0 aliphatic carbocycles. The minimum Gasteiger partial charge on any atom is -0.362 e. The highest BCUT2D eigenvalue weighted by Crippen LogP contribution is 1.93. The molecule has 0 aromatic heterocycles. The van der Waals surface area contributed by atoms with E-state index in [0.717, 1.165) is 4.20 Å². The number of thioether (sulfide) groups is 1. The molecule has 0 aromatic carbocycles. The Morgan fingerprint density at radius 2 is 1.53 bits per heavy atom. The van der Waals surface area contributed by atoms with Crippen molar-refractivity contribution in [1.82, 2.24) is 4.90 Å². The van der Waals surface area contributed by atoms with Crippen LogP contribution in [-0.4, -0.2) is 34.4 Å². The van der Waals surface area contributed by atoms with Gasteiger partial charge in [0, 0.05) is 14.1 Å². The number of rotatable bonds is 0. The lowest BCUT2D eigenvalue weighted by atomic mass is 10.5. The number of hydrogen-bond acceptors (Lipinski definition) is 3. The summed E-state index contributed by atoms with van der Waals surface area (Å²) < 4.78 is 0.766. The first-order chi connectivity index (χ1) is 6.99. The van der Waals surface area contributed by atoms with Gasteiger partial charge in [-0.25, -0.2) is 0 Å². The van der Waals surface area contributed by atoms with E-state index in [-0.39, 0.29) is 0 Å². The van der Waals surface area contributed by atoms with Crippen LogP contribution in [0.2, 0.25) is 0 Å². The van der Waals surface area contributed by atoms with Crippen LogP contribution in [0, 0.1) is 23.7 Å². The van der Waals surface area contributed by atoms with E-state index < -0.39 is 0 Å². The lowest BCUT2D eigenvalue weighted by Crippen LogP contribution is -2.17. The Balaban J connectivity index is 0. The summed E-state index contributed by atoms with van der Waals surface area (Å²) in [5.74, 6) is 10.9. The predicted octanol–water partition coefficient (Wildman–Crippen LogP) is 2.60. The molecule has 0 radical (unpaired) electrons. The first-order valence-corrected chi connectivity index (χ1v) is 6.18. The summed E-state index contributed by atoms with van der Waals surface area (Å²) >= 11 is 11.1. The lowest BCUT2D eigenvalue weighted by molar-refractivity contribution is 0.641. The summed E-state index contributed by atoms with van der Waals surface area (Å²) in [7, 11) is 3.76. The molecule has 0 aliphatic heterocycles. The topological polar surface area (TPSA) is 3.24 Å². The van der Waals surface area contributed by atoms with E-state index in [1.54, 1.807) is 13.8 Å². The molecule has 0 heterocycles.